The molecule has 0 aromatic heterocycles. The average molecular weight is 230 g/mol. The second kappa shape index (κ2) is 4.29. The molecule has 0 radical (unpaired) electrons. The number of ketones is 1. The van der Waals surface area contributed by atoms with Crippen LogP contribution in [0.5, 0.6) is 0 Å². The summed E-state index contributed by atoms with van der Waals surface area (Å²) in [5.74, 6) is -0.173. The van der Waals surface area contributed by atoms with Crippen molar-refractivity contribution in [2.75, 3.05) is 6.54 Å². The van der Waals surface area contributed by atoms with Gasteiger partial charge in [-0.2, -0.15) is 0 Å². The molecule has 1 atom stereocenters. The molecule has 1 aliphatic heterocycles. The van der Waals surface area contributed by atoms with Crippen molar-refractivity contribution < 1.29 is 9.18 Å². The van der Waals surface area contributed by atoms with Crippen LogP contribution < -0.4 is 5.32 Å². The number of rotatable bonds is 1. The molecule has 0 saturated carbocycles. The quantitative estimate of drug-likeness (QED) is 0.799. The Morgan fingerprint density at radius 1 is 1.47 bits per heavy atom. The van der Waals surface area contributed by atoms with Crippen LogP contribution in [0, 0.1) is 5.82 Å². The Morgan fingerprint density at radius 3 is 2.73 bits per heavy atom. The van der Waals surface area contributed by atoms with Crippen LogP contribution in [0.1, 0.15) is 18.9 Å². The predicted octanol–water partition coefficient (Wildman–Crippen LogP) is 2.03. The van der Waals surface area contributed by atoms with Crippen molar-refractivity contribution in [3.8, 4) is 0 Å². The third kappa shape index (κ3) is 2.03. The number of benzene rings is 1. The third-order valence-corrected chi connectivity index (χ3v) is 2.79. The molecule has 1 N–H and O–H groups in total. The van der Waals surface area contributed by atoms with E-state index in [9.17, 15) is 9.18 Å². The van der Waals surface area contributed by atoms with Crippen molar-refractivity contribution in [3.05, 3.63) is 35.6 Å². The lowest BCUT2D eigenvalue weighted by Crippen LogP contribution is -2.38. The SMILES string of the molecule is CC1(c2cccc(F)c2)NCCC1=O.Cl. The van der Waals surface area contributed by atoms with Gasteiger partial charge in [0.05, 0.1) is 0 Å². The highest BCUT2D eigenvalue weighted by Crippen LogP contribution is 2.27. The van der Waals surface area contributed by atoms with Gasteiger partial charge in [-0.05, 0) is 24.6 Å². The van der Waals surface area contributed by atoms with E-state index in [1.54, 1.807) is 19.1 Å². The lowest BCUT2D eigenvalue weighted by molar-refractivity contribution is -0.122. The molecule has 1 heterocycles. The maximum atomic E-state index is 13.0. The van der Waals surface area contributed by atoms with Crippen LogP contribution in [0.3, 0.4) is 0 Å². The molecule has 82 valence electrons. The molecule has 1 aromatic rings. The fraction of sp³-hybridized carbons (Fsp3) is 0.364. The van der Waals surface area contributed by atoms with Crippen molar-refractivity contribution in [2.24, 2.45) is 0 Å². The van der Waals surface area contributed by atoms with Crippen LogP contribution in [0.15, 0.2) is 24.3 Å². The molecule has 2 rings (SSSR count). The maximum absolute atomic E-state index is 13.0. The molecule has 1 aliphatic rings. The monoisotopic (exact) mass is 229 g/mol. The van der Waals surface area contributed by atoms with Gasteiger partial charge < -0.3 is 5.32 Å². The van der Waals surface area contributed by atoms with Crippen molar-refractivity contribution in [1.29, 1.82) is 0 Å². The number of hydrogen-bond acceptors (Lipinski definition) is 2. The van der Waals surface area contributed by atoms with Crippen LogP contribution in [0.4, 0.5) is 4.39 Å². The van der Waals surface area contributed by atoms with Crippen LogP contribution in [-0.2, 0) is 10.3 Å². The lowest BCUT2D eigenvalue weighted by Gasteiger charge is -2.23. The smallest absolute Gasteiger partial charge is 0.158 e. The molecule has 0 bridgehead atoms. The topological polar surface area (TPSA) is 29.1 Å². The van der Waals surface area contributed by atoms with Crippen molar-refractivity contribution in [2.45, 2.75) is 18.9 Å². The van der Waals surface area contributed by atoms with Gasteiger partial charge in [0, 0.05) is 13.0 Å². The standard InChI is InChI=1S/C11H12FNO.ClH/c1-11(10(14)5-6-13-11)8-3-2-4-9(12)7-8;/h2-4,7,13H,5-6H2,1H3;1H. The minimum Gasteiger partial charge on any atom is -0.301 e. The normalized spacial score (nSPS) is 25.1. The molecule has 1 aromatic carbocycles. The first-order valence-corrected chi connectivity index (χ1v) is 4.67. The Morgan fingerprint density at radius 2 is 2.20 bits per heavy atom. The zero-order chi connectivity index (χ0) is 10.2. The molecule has 1 unspecified atom stereocenters. The largest absolute Gasteiger partial charge is 0.301 e. The number of carbonyl (C=O) groups is 1. The number of nitrogens with one attached hydrogen (secondary N) is 1. The Kier molecular flexibility index (Phi) is 3.47. The summed E-state index contributed by atoms with van der Waals surface area (Å²) in [6, 6.07) is 6.20. The van der Waals surface area contributed by atoms with Crippen molar-refractivity contribution in [1.82, 2.24) is 5.32 Å². The Balaban J connectivity index is 0.00000112. The fourth-order valence-corrected chi connectivity index (χ4v) is 1.84. The van der Waals surface area contributed by atoms with Gasteiger partial charge in [0.25, 0.3) is 0 Å². The Bertz CT molecular complexity index is 383. The average Bonchev–Trinajstić information content (AvgIpc) is 2.49. The van der Waals surface area contributed by atoms with Crippen LogP contribution in [0.2, 0.25) is 0 Å². The highest BCUT2D eigenvalue weighted by Gasteiger charge is 2.38. The second-order valence-electron chi connectivity index (χ2n) is 3.74. The number of hydrogen-bond donors (Lipinski definition) is 1. The van der Waals surface area contributed by atoms with Gasteiger partial charge in [-0.1, -0.05) is 12.1 Å². The van der Waals surface area contributed by atoms with Gasteiger partial charge in [-0.25, -0.2) is 4.39 Å². The predicted molar refractivity (Wildman–Crippen MR) is 58.6 cm³/mol. The molecular formula is C11H13ClFNO. The Hall–Kier alpha value is -0.930. The molecule has 0 amide bonds. The van der Waals surface area contributed by atoms with Crippen molar-refractivity contribution >= 4 is 18.2 Å². The first-order valence-electron chi connectivity index (χ1n) is 4.67. The minimum atomic E-state index is -0.692. The summed E-state index contributed by atoms with van der Waals surface area (Å²) in [5.41, 5.74) is 0.0160. The third-order valence-electron chi connectivity index (χ3n) is 2.79. The summed E-state index contributed by atoms with van der Waals surface area (Å²) in [6.45, 7) is 2.48. The van der Waals surface area contributed by atoms with Gasteiger partial charge in [0.2, 0.25) is 0 Å². The molecule has 15 heavy (non-hydrogen) atoms. The van der Waals surface area contributed by atoms with E-state index in [4.69, 9.17) is 0 Å². The lowest BCUT2D eigenvalue weighted by atomic mass is 9.89. The van der Waals surface area contributed by atoms with E-state index in [1.165, 1.54) is 12.1 Å². The summed E-state index contributed by atoms with van der Waals surface area (Å²) < 4.78 is 13.0. The minimum absolute atomic E-state index is 0. The van der Waals surface area contributed by atoms with Crippen LogP contribution in [-0.4, -0.2) is 12.3 Å². The number of halogens is 2. The van der Waals surface area contributed by atoms with Gasteiger partial charge in [0.15, 0.2) is 5.78 Å². The Labute approximate surface area is 94.3 Å². The molecule has 0 aliphatic carbocycles. The second-order valence-corrected chi connectivity index (χ2v) is 3.74. The van der Waals surface area contributed by atoms with E-state index in [-0.39, 0.29) is 24.0 Å². The summed E-state index contributed by atoms with van der Waals surface area (Å²) in [5, 5.41) is 3.11. The molecule has 1 fully saturated rings. The van der Waals surface area contributed by atoms with Crippen molar-refractivity contribution in [3.63, 3.8) is 0 Å². The summed E-state index contributed by atoms with van der Waals surface area (Å²) in [7, 11) is 0. The van der Waals surface area contributed by atoms with Gasteiger partial charge in [-0.3, -0.25) is 4.79 Å². The van der Waals surface area contributed by atoms with E-state index < -0.39 is 5.54 Å². The maximum Gasteiger partial charge on any atom is 0.158 e. The zero-order valence-corrected chi connectivity index (χ0v) is 9.23. The molecular weight excluding hydrogens is 217 g/mol. The molecule has 4 heteroatoms. The molecule has 1 saturated heterocycles. The van der Waals surface area contributed by atoms with E-state index in [0.29, 0.717) is 18.5 Å². The zero-order valence-electron chi connectivity index (χ0n) is 8.42. The van der Waals surface area contributed by atoms with E-state index in [1.807, 2.05) is 0 Å². The first-order chi connectivity index (χ1) is 6.63. The van der Waals surface area contributed by atoms with Gasteiger partial charge >= 0.3 is 0 Å². The summed E-state index contributed by atoms with van der Waals surface area (Å²) >= 11 is 0. The highest BCUT2D eigenvalue weighted by molar-refractivity contribution is 5.91. The molecule has 2 nitrogen and oxygen atoms in total. The fourth-order valence-electron chi connectivity index (χ4n) is 1.84. The van der Waals surface area contributed by atoms with E-state index in [0.717, 1.165) is 0 Å². The number of Topliss-reactive ketones (excluding diaryl/α,β-unsaturated/α-hetero) is 1. The van der Waals surface area contributed by atoms with E-state index >= 15 is 0 Å². The summed E-state index contributed by atoms with van der Waals surface area (Å²) in [6.07, 6.45) is 0.521. The van der Waals surface area contributed by atoms with E-state index in [2.05, 4.69) is 5.32 Å². The van der Waals surface area contributed by atoms with Gasteiger partial charge in [0.1, 0.15) is 11.4 Å². The van der Waals surface area contributed by atoms with Crippen LogP contribution in [0.25, 0.3) is 0 Å². The first kappa shape index (κ1) is 12.1. The number of carbonyl (C=O) groups excluding carboxylic acids is 1. The summed E-state index contributed by atoms with van der Waals surface area (Å²) in [4.78, 5) is 11.6. The van der Waals surface area contributed by atoms with Gasteiger partial charge in [-0.15, -0.1) is 12.4 Å². The van der Waals surface area contributed by atoms with Crippen LogP contribution >= 0.6 is 12.4 Å². The highest BCUT2D eigenvalue weighted by atomic mass is 35.5. The molecule has 0 spiro atoms.